The molecule has 3 aromatic rings. The monoisotopic (exact) mass is 403 g/mol. The van der Waals surface area contributed by atoms with Crippen LogP contribution in [0, 0.1) is 11.8 Å². The highest BCUT2D eigenvalue weighted by molar-refractivity contribution is 5.95. The minimum atomic E-state index is -0.420. The molecule has 0 spiro atoms. The van der Waals surface area contributed by atoms with Gasteiger partial charge in [-0.05, 0) is 60.6 Å². The van der Waals surface area contributed by atoms with E-state index in [1.54, 1.807) is 0 Å². The maximum absolute atomic E-state index is 13.2. The molecule has 30 heavy (non-hydrogen) atoms. The number of fused-ring (bicyclic) bond motifs is 3. The Hall–Kier alpha value is -2.86. The number of aliphatic hydroxyl groups is 1. The summed E-state index contributed by atoms with van der Waals surface area (Å²) in [5.74, 6) is 1.76. The molecule has 2 aromatic carbocycles. The van der Waals surface area contributed by atoms with E-state index < -0.39 is 6.10 Å². The number of aromatic nitrogens is 2. The van der Waals surface area contributed by atoms with Crippen molar-refractivity contribution in [3.05, 3.63) is 59.9 Å². The van der Waals surface area contributed by atoms with Gasteiger partial charge in [0.1, 0.15) is 5.75 Å². The molecule has 6 nitrogen and oxygen atoms in total. The summed E-state index contributed by atoms with van der Waals surface area (Å²) < 4.78 is 7.69. The van der Waals surface area contributed by atoms with Crippen molar-refractivity contribution in [2.45, 2.75) is 31.4 Å². The fraction of sp³-hybridized carbons (Fsp3) is 0.417. The number of para-hydroxylation sites is 2. The lowest BCUT2D eigenvalue weighted by atomic mass is 9.77. The Morgan fingerprint density at radius 3 is 2.83 bits per heavy atom. The Kier molecular flexibility index (Phi) is 4.09. The highest BCUT2D eigenvalue weighted by Gasteiger charge is 2.44. The van der Waals surface area contributed by atoms with Gasteiger partial charge in [-0.15, -0.1) is 0 Å². The molecule has 2 fully saturated rings. The first-order chi connectivity index (χ1) is 14.7. The lowest BCUT2D eigenvalue weighted by Crippen LogP contribution is -2.36. The summed E-state index contributed by atoms with van der Waals surface area (Å²) in [5, 5.41) is 10.9. The zero-order chi connectivity index (χ0) is 20.2. The molecule has 4 atom stereocenters. The van der Waals surface area contributed by atoms with E-state index in [-0.39, 0.29) is 11.9 Å². The van der Waals surface area contributed by atoms with Crippen LogP contribution in [0.25, 0.3) is 11.0 Å². The maximum atomic E-state index is 13.2. The van der Waals surface area contributed by atoms with Crippen LogP contribution in [-0.4, -0.2) is 51.3 Å². The smallest absolute Gasteiger partial charge is 0.253 e. The molecule has 1 N–H and O–H groups in total. The molecule has 1 saturated heterocycles. The van der Waals surface area contributed by atoms with Crippen molar-refractivity contribution in [1.82, 2.24) is 14.5 Å². The average molecular weight is 403 g/mol. The van der Waals surface area contributed by atoms with E-state index in [1.165, 1.54) is 0 Å². The molecule has 0 radical (unpaired) electrons. The number of hydrogen-bond donors (Lipinski definition) is 1. The molecule has 1 amide bonds. The number of likely N-dealkylation sites (tertiary alicyclic amines) is 1. The van der Waals surface area contributed by atoms with Gasteiger partial charge in [0.05, 0.1) is 36.1 Å². The van der Waals surface area contributed by atoms with E-state index in [4.69, 9.17) is 4.74 Å². The number of nitrogens with zero attached hydrogens (tertiary/aromatic N) is 3. The fourth-order valence-electron chi connectivity index (χ4n) is 5.62. The molecule has 1 aliphatic carbocycles. The summed E-state index contributed by atoms with van der Waals surface area (Å²) in [5.41, 5.74) is 3.89. The van der Waals surface area contributed by atoms with Crippen LogP contribution in [-0.2, 0) is 6.42 Å². The molecule has 0 unspecified atom stereocenters. The summed E-state index contributed by atoms with van der Waals surface area (Å²) in [7, 11) is 0. The average Bonchev–Trinajstić information content (AvgIpc) is 3.49. The topological polar surface area (TPSA) is 67.6 Å². The molecular formula is C24H25N3O3. The second-order valence-corrected chi connectivity index (χ2v) is 8.90. The van der Waals surface area contributed by atoms with Crippen molar-refractivity contribution in [3.8, 4) is 5.75 Å². The molecule has 3 heterocycles. The molecule has 0 bridgehead atoms. The largest absolute Gasteiger partial charge is 0.493 e. The minimum absolute atomic E-state index is 0.00541. The number of rotatable bonds is 2. The predicted octanol–water partition coefficient (Wildman–Crippen LogP) is 3.06. The van der Waals surface area contributed by atoms with Crippen LogP contribution < -0.4 is 4.74 Å². The first-order valence-corrected chi connectivity index (χ1v) is 10.8. The van der Waals surface area contributed by atoms with E-state index in [1.807, 2.05) is 47.6 Å². The van der Waals surface area contributed by atoms with Crippen LogP contribution in [0.1, 0.15) is 34.8 Å². The molecule has 6 rings (SSSR count). The van der Waals surface area contributed by atoms with Crippen molar-refractivity contribution in [2.75, 3.05) is 19.7 Å². The zero-order valence-corrected chi connectivity index (χ0v) is 16.8. The third-order valence-electron chi connectivity index (χ3n) is 7.17. The second kappa shape index (κ2) is 6.84. The molecule has 1 saturated carbocycles. The van der Waals surface area contributed by atoms with E-state index in [9.17, 15) is 9.90 Å². The number of benzene rings is 2. The van der Waals surface area contributed by atoms with Crippen molar-refractivity contribution < 1.29 is 14.6 Å². The Morgan fingerprint density at radius 2 is 1.93 bits per heavy atom. The number of amides is 1. The van der Waals surface area contributed by atoms with E-state index in [2.05, 4.69) is 15.6 Å². The van der Waals surface area contributed by atoms with Gasteiger partial charge < -0.3 is 19.3 Å². The number of hydrogen-bond acceptors (Lipinski definition) is 4. The van der Waals surface area contributed by atoms with Crippen molar-refractivity contribution >= 4 is 16.9 Å². The van der Waals surface area contributed by atoms with Gasteiger partial charge >= 0.3 is 0 Å². The normalized spacial score (nSPS) is 27.7. The number of ether oxygens (including phenoxy) is 1. The van der Waals surface area contributed by atoms with Gasteiger partial charge in [-0.3, -0.25) is 4.79 Å². The van der Waals surface area contributed by atoms with Crippen LogP contribution >= 0.6 is 0 Å². The quantitative estimate of drug-likeness (QED) is 0.714. The van der Waals surface area contributed by atoms with Crippen LogP contribution in [0.2, 0.25) is 0 Å². The van der Waals surface area contributed by atoms with Crippen molar-refractivity contribution in [3.63, 3.8) is 0 Å². The van der Waals surface area contributed by atoms with Crippen LogP contribution in [0.5, 0.6) is 5.75 Å². The van der Waals surface area contributed by atoms with Gasteiger partial charge in [-0.25, -0.2) is 4.98 Å². The fourth-order valence-corrected chi connectivity index (χ4v) is 5.62. The molecule has 1 aromatic heterocycles. The first-order valence-electron chi connectivity index (χ1n) is 10.8. The van der Waals surface area contributed by atoms with Crippen molar-refractivity contribution in [1.29, 1.82) is 0 Å². The standard InChI is InChI=1S/C24H25N3O3/c28-22-11-18-13-26(24(29)16-5-6-23-15(9-16)7-8-30-23)12-17(18)10-21(22)27-14-25-19-3-1-2-4-20(19)27/h1-6,9,14,17-18,21-22,28H,7-8,10-13H2/t17-,18+,21-,22-/m1/s1. The molecule has 154 valence electrons. The van der Waals surface area contributed by atoms with Gasteiger partial charge in [-0.1, -0.05) is 12.1 Å². The van der Waals surface area contributed by atoms with Crippen molar-refractivity contribution in [2.24, 2.45) is 11.8 Å². The molecule has 3 aliphatic rings. The third kappa shape index (κ3) is 2.82. The predicted molar refractivity (Wildman–Crippen MR) is 113 cm³/mol. The van der Waals surface area contributed by atoms with E-state index in [0.717, 1.165) is 60.3 Å². The summed E-state index contributed by atoms with van der Waals surface area (Å²) in [4.78, 5) is 19.6. The Morgan fingerprint density at radius 1 is 1.10 bits per heavy atom. The summed E-state index contributed by atoms with van der Waals surface area (Å²) >= 11 is 0. The van der Waals surface area contributed by atoms with Gasteiger partial charge in [-0.2, -0.15) is 0 Å². The zero-order valence-electron chi connectivity index (χ0n) is 16.8. The number of aliphatic hydroxyl groups excluding tert-OH is 1. The second-order valence-electron chi connectivity index (χ2n) is 8.90. The Labute approximate surface area is 175 Å². The van der Waals surface area contributed by atoms with Crippen LogP contribution in [0.4, 0.5) is 0 Å². The van der Waals surface area contributed by atoms with Gasteiger partial charge in [0.25, 0.3) is 5.91 Å². The van der Waals surface area contributed by atoms with Gasteiger partial charge in [0, 0.05) is 25.1 Å². The number of carbonyl (C=O) groups is 1. The highest BCUT2D eigenvalue weighted by Crippen LogP contribution is 2.42. The summed E-state index contributed by atoms with van der Waals surface area (Å²) in [6, 6.07) is 13.8. The number of carbonyl (C=O) groups excluding carboxylic acids is 1. The summed E-state index contributed by atoms with van der Waals surface area (Å²) in [6.07, 6.45) is 3.89. The number of imidazole rings is 1. The SMILES string of the molecule is O=C(c1ccc2c(c1)CCO2)N1C[C@H]2C[C@@H](n3cnc4ccccc43)[C@H](O)C[C@H]2C1. The molecule has 2 aliphatic heterocycles. The lowest BCUT2D eigenvalue weighted by molar-refractivity contribution is 0.0374. The molecular weight excluding hydrogens is 378 g/mol. The van der Waals surface area contributed by atoms with Crippen LogP contribution in [0.15, 0.2) is 48.8 Å². The molecule has 6 heteroatoms. The Balaban J connectivity index is 1.22. The van der Waals surface area contributed by atoms with Gasteiger partial charge in [0.2, 0.25) is 0 Å². The van der Waals surface area contributed by atoms with Crippen LogP contribution in [0.3, 0.4) is 0 Å². The highest BCUT2D eigenvalue weighted by atomic mass is 16.5. The first kappa shape index (κ1) is 18.0. The third-order valence-corrected chi connectivity index (χ3v) is 7.17. The van der Waals surface area contributed by atoms with E-state index >= 15 is 0 Å². The lowest BCUT2D eigenvalue weighted by Gasteiger charge is -2.36. The van der Waals surface area contributed by atoms with E-state index in [0.29, 0.717) is 18.4 Å². The Bertz CT molecular complexity index is 1120. The maximum Gasteiger partial charge on any atom is 0.253 e. The minimum Gasteiger partial charge on any atom is -0.493 e. The van der Waals surface area contributed by atoms with Gasteiger partial charge in [0.15, 0.2) is 0 Å². The summed E-state index contributed by atoms with van der Waals surface area (Å²) in [6.45, 7) is 2.18.